The van der Waals surface area contributed by atoms with E-state index in [1.54, 1.807) is 4.31 Å². The molecule has 1 aromatic rings. The van der Waals surface area contributed by atoms with Gasteiger partial charge in [-0.2, -0.15) is 0 Å². The molecule has 0 atom stereocenters. The molecule has 2 rings (SSSR count). The second-order valence-corrected chi connectivity index (χ2v) is 7.29. The Morgan fingerprint density at radius 1 is 1.22 bits per heavy atom. The van der Waals surface area contributed by atoms with Gasteiger partial charge in [0.2, 0.25) is 10.0 Å². The molecule has 1 aliphatic rings. The van der Waals surface area contributed by atoms with E-state index in [0.717, 1.165) is 36.1 Å². The highest BCUT2D eigenvalue weighted by Gasteiger charge is 2.28. The minimum atomic E-state index is -3.24. The largest absolute Gasteiger partial charge is 0.317 e. The molecule has 4 nitrogen and oxygen atoms in total. The normalized spacial score (nSPS) is 17.7. The predicted octanol–water partition coefficient (Wildman–Crippen LogP) is 1.97. The van der Waals surface area contributed by atoms with Crippen molar-refractivity contribution in [2.45, 2.75) is 18.9 Å². The first kappa shape index (κ1) is 13.8. The van der Waals surface area contributed by atoms with Crippen LogP contribution in [0.4, 0.5) is 5.69 Å². The lowest BCUT2D eigenvalue weighted by Crippen LogP contribution is -2.45. The van der Waals surface area contributed by atoms with Crippen LogP contribution in [0.25, 0.3) is 0 Å². The van der Waals surface area contributed by atoms with E-state index in [1.165, 1.54) is 6.26 Å². The third-order valence-corrected chi connectivity index (χ3v) is 4.83. The van der Waals surface area contributed by atoms with Gasteiger partial charge < -0.3 is 5.32 Å². The average Bonchev–Trinajstić information content (AvgIpc) is 2.32. The Labute approximate surface area is 117 Å². The van der Waals surface area contributed by atoms with Crippen molar-refractivity contribution >= 4 is 31.6 Å². The molecule has 0 aromatic heterocycles. The average molecular weight is 333 g/mol. The lowest BCUT2D eigenvalue weighted by Gasteiger charge is -2.34. The molecule has 0 amide bonds. The molecule has 1 aliphatic heterocycles. The SMILES string of the molecule is CS(=O)(=O)N(c1ccc(Br)cc1)C1CCNCC1. The molecule has 0 bridgehead atoms. The fraction of sp³-hybridized carbons (Fsp3) is 0.500. The van der Waals surface area contributed by atoms with Gasteiger partial charge in [0.05, 0.1) is 11.9 Å². The highest BCUT2D eigenvalue weighted by molar-refractivity contribution is 9.10. The summed E-state index contributed by atoms with van der Waals surface area (Å²) in [5.41, 5.74) is 0.743. The van der Waals surface area contributed by atoms with E-state index in [0.29, 0.717) is 0 Å². The van der Waals surface area contributed by atoms with E-state index < -0.39 is 10.0 Å². The number of nitrogens with zero attached hydrogens (tertiary/aromatic N) is 1. The molecule has 0 aliphatic carbocycles. The van der Waals surface area contributed by atoms with E-state index in [1.807, 2.05) is 24.3 Å². The fourth-order valence-electron chi connectivity index (χ4n) is 2.30. The van der Waals surface area contributed by atoms with Gasteiger partial charge in [-0.25, -0.2) is 8.42 Å². The minimum absolute atomic E-state index is 0.0578. The van der Waals surface area contributed by atoms with Gasteiger partial charge in [0.15, 0.2) is 0 Å². The van der Waals surface area contributed by atoms with Crippen LogP contribution in [0.2, 0.25) is 0 Å². The van der Waals surface area contributed by atoms with Crippen molar-refractivity contribution in [2.24, 2.45) is 0 Å². The van der Waals surface area contributed by atoms with Gasteiger partial charge in [-0.05, 0) is 50.2 Å². The minimum Gasteiger partial charge on any atom is -0.317 e. The summed E-state index contributed by atoms with van der Waals surface area (Å²) in [7, 11) is -3.24. The van der Waals surface area contributed by atoms with Gasteiger partial charge in [-0.1, -0.05) is 15.9 Å². The van der Waals surface area contributed by atoms with E-state index in [9.17, 15) is 8.42 Å². The van der Waals surface area contributed by atoms with Crippen molar-refractivity contribution in [3.8, 4) is 0 Å². The molecule has 1 saturated heterocycles. The van der Waals surface area contributed by atoms with Crippen LogP contribution in [0.1, 0.15) is 12.8 Å². The molecule has 0 saturated carbocycles. The summed E-state index contributed by atoms with van der Waals surface area (Å²) < 4.78 is 26.5. The van der Waals surface area contributed by atoms with E-state index >= 15 is 0 Å². The Balaban J connectivity index is 2.33. The maximum Gasteiger partial charge on any atom is 0.232 e. The second-order valence-electron chi connectivity index (χ2n) is 4.52. The van der Waals surface area contributed by atoms with Crippen LogP contribution in [0.3, 0.4) is 0 Å². The Morgan fingerprint density at radius 2 is 1.78 bits per heavy atom. The van der Waals surface area contributed by atoms with Crippen LogP contribution in [-0.4, -0.2) is 33.8 Å². The number of hydrogen-bond acceptors (Lipinski definition) is 3. The lowest BCUT2D eigenvalue weighted by atomic mass is 10.1. The van der Waals surface area contributed by atoms with Crippen molar-refractivity contribution in [3.05, 3.63) is 28.7 Å². The van der Waals surface area contributed by atoms with E-state index in [2.05, 4.69) is 21.2 Å². The van der Waals surface area contributed by atoms with Crippen LogP contribution in [-0.2, 0) is 10.0 Å². The van der Waals surface area contributed by atoms with Crippen LogP contribution < -0.4 is 9.62 Å². The van der Waals surface area contributed by atoms with Gasteiger partial charge in [0.25, 0.3) is 0 Å². The molecular weight excluding hydrogens is 316 g/mol. The second kappa shape index (κ2) is 5.59. The zero-order valence-electron chi connectivity index (χ0n) is 10.3. The van der Waals surface area contributed by atoms with Crippen LogP contribution in [0.5, 0.6) is 0 Å². The number of benzene rings is 1. The molecular formula is C12H17BrN2O2S. The number of piperidine rings is 1. The number of hydrogen-bond donors (Lipinski definition) is 1. The van der Waals surface area contributed by atoms with Crippen LogP contribution in [0.15, 0.2) is 28.7 Å². The molecule has 100 valence electrons. The highest BCUT2D eigenvalue weighted by atomic mass is 79.9. The van der Waals surface area contributed by atoms with E-state index in [4.69, 9.17) is 0 Å². The molecule has 0 spiro atoms. The topological polar surface area (TPSA) is 49.4 Å². The summed E-state index contributed by atoms with van der Waals surface area (Å²) in [6, 6.07) is 7.48. The van der Waals surface area contributed by atoms with Crippen molar-refractivity contribution < 1.29 is 8.42 Å². The Bertz CT molecular complexity index is 495. The Morgan fingerprint density at radius 3 is 2.28 bits per heavy atom. The zero-order valence-corrected chi connectivity index (χ0v) is 12.7. The summed E-state index contributed by atoms with van der Waals surface area (Å²) >= 11 is 3.36. The van der Waals surface area contributed by atoms with Crippen molar-refractivity contribution in [3.63, 3.8) is 0 Å². The Hall–Kier alpha value is -0.590. The molecule has 1 aromatic carbocycles. The molecule has 1 N–H and O–H groups in total. The van der Waals surface area contributed by atoms with Gasteiger partial charge >= 0.3 is 0 Å². The predicted molar refractivity (Wildman–Crippen MR) is 77.4 cm³/mol. The first-order valence-corrected chi connectivity index (χ1v) is 8.58. The zero-order chi connectivity index (χ0) is 13.2. The van der Waals surface area contributed by atoms with Crippen molar-refractivity contribution in [2.75, 3.05) is 23.7 Å². The maximum absolute atomic E-state index is 12.0. The number of sulfonamides is 1. The standard InChI is InChI=1S/C12H17BrN2O2S/c1-18(16,17)15(12-6-8-14-9-7-12)11-4-2-10(13)3-5-11/h2-5,12,14H,6-9H2,1H3. The quantitative estimate of drug-likeness (QED) is 0.920. The first-order chi connectivity index (χ1) is 8.48. The van der Waals surface area contributed by atoms with Crippen molar-refractivity contribution in [1.82, 2.24) is 5.32 Å². The first-order valence-electron chi connectivity index (χ1n) is 5.94. The van der Waals surface area contributed by atoms with Crippen LogP contribution in [0, 0.1) is 0 Å². The van der Waals surface area contributed by atoms with Crippen LogP contribution >= 0.6 is 15.9 Å². The monoisotopic (exact) mass is 332 g/mol. The third-order valence-electron chi connectivity index (χ3n) is 3.08. The highest BCUT2D eigenvalue weighted by Crippen LogP contribution is 2.26. The summed E-state index contributed by atoms with van der Waals surface area (Å²) in [6.45, 7) is 1.74. The number of rotatable bonds is 3. The molecule has 6 heteroatoms. The van der Waals surface area contributed by atoms with E-state index in [-0.39, 0.29) is 6.04 Å². The summed E-state index contributed by atoms with van der Waals surface area (Å²) in [5, 5.41) is 3.25. The van der Waals surface area contributed by atoms with Gasteiger partial charge in [0, 0.05) is 10.5 Å². The molecule has 18 heavy (non-hydrogen) atoms. The fourth-order valence-corrected chi connectivity index (χ4v) is 3.82. The lowest BCUT2D eigenvalue weighted by molar-refractivity contribution is 0.454. The molecule has 0 radical (unpaired) electrons. The number of nitrogens with one attached hydrogen (secondary N) is 1. The Kier molecular flexibility index (Phi) is 4.29. The smallest absolute Gasteiger partial charge is 0.232 e. The number of anilines is 1. The number of halogens is 1. The molecule has 1 heterocycles. The molecule has 1 fully saturated rings. The summed E-state index contributed by atoms with van der Waals surface area (Å²) in [4.78, 5) is 0. The maximum atomic E-state index is 12.0. The van der Waals surface area contributed by atoms with Crippen molar-refractivity contribution in [1.29, 1.82) is 0 Å². The van der Waals surface area contributed by atoms with Gasteiger partial charge in [-0.15, -0.1) is 0 Å². The van der Waals surface area contributed by atoms with Gasteiger partial charge in [-0.3, -0.25) is 4.31 Å². The third kappa shape index (κ3) is 3.24. The van der Waals surface area contributed by atoms with Gasteiger partial charge in [0.1, 0.15) is 0 Å². The molecule has 0 unspecified atom stereocenters. The summed E-state index contributed by atoms with van der Waals surface area (Å²) in [6.07, 6.45) is 2.98. The summed E-state index contributed by atoms with van der Waals surface area (Å²) in [5.74, 6) is 0.